The highest BCUT2D eigenvalue weighted by atomic mass is 19.1. The summed E-state index contributed by atoms with van der Waals surface area (Å²) >= 11 is 0. The number of fused-ring (bicyclic) bond motifs is 1. The molecule has 24 heavy (non-hydrogen) atoms. The molecule has 0 aliphatic carbocycles. The van der Waals surface area contributed by atoms with E-state index in [0.29, 0.717) is 0 Å². The second-order valence-electron chi connectivity index (χ2n) is 4.91. The van der Waals surface area contributed by atoms with Gasteiger partial charge in [0.15, 0.2) is 0 Å². The molecule has 8 heteroatoms. The fourth-order valence-corrected chi connectivity index (χ4v) is 2.36. The molecule has 0 unspecified atom stereocenters. The monoisotopic (exact) mass is 330 g/mol. The average molecular weight is 330 g/mol. The van der Waals surface area contributed by atoms with Crippen LogP contribution in [0, 0.1) is 5.82 Å². The van der Waals surface area contributed by atoms with E-state index in [-0.39, 0.29) is 33.5 Å². The van der Waals surface area contributed by atoms with Crippen molar-refractivity contribution in [1.29, 1.82) is 0 Å². The van der Waals surface area contributed by atoms with Crippen molar-refractivity contribution < 1.29 is 24.1 Å². The Morgan fingerprint density at radius 3 is 2.71 bits per heavy atom. The van der Waals surface area contributed by atoms with E-state index >= 15 is 0 Å². The normalized spacial score (nSPS) is 10.8. The molecular formula is C16H11FN2O5. The van der Waals surface area contributed by atoms with E-state index in [0.717, 1.165) is 23.0 Å². The van der Waals surface area contributed by atoms with Gasteiger partial charge in [-0.3, -0.25) is 4.79 Å². The third-order valence-corrected chi connectivity index (χ3v) is 3.54. The van der Waals surface area contributed by atoms with Crippen LogP contribution in [0.5, 0.6) is 11.5 Å². The van der Waals surface area contributed by atoms with Gasteiger partial charge in [0.05, 0.1) is 29.6 Å². The van der Waals surface area contributed by atoms with Crippen molar-refractivity contribution >= 4 is 16.7 Å². The largest absolute Gasteiger partial charge is 0.507 e. The number of rotatable bonds is 3. The van der Waals surface area contributed by atoms with Gasteiger partial charge in [0.2, 0.25) is 0 Å². The van der Waals surface area contributed by atoms with Crippen molar-refractivity contribution in [1.82, 2.24) is 9.78 Å². The number of carboxylic acid groups (broad SMARTS) is 1. The fourth-order valence-electron chi connectivity index (χ4n) is 2.36. The molecule has 0 aliphatic heterocycles. The van der Waals surface area contributed by atoms with Gasteiger partial charge in [-0.25, -0.2) is 9.18 Å². The van der Waals surface area contributed by atoms with Gasteiger partial charge in [-0.2, -0.15) is 9.78 Å². The summed E-state index contributed by atoms with van der Waals surface area (Å²) in [7, 11) is 1.31. The van der Waals surface area contributed by atoms with E-state index < -0.39 is 17.3 Å². The zero-order valence-corrected chi connectivity index (χ0v) is 12.4. The molecule has 3 rings (SSSR count). The molecule has 1 aromatic heterocycles. The molecule has 0 radical (unpaired) electrons. The summed E-state index contributed by atoms with van der Waals surface area (Å²) in [4.78, 5) is 23.6. The summed E-state index contributed by atoms with van der Waals surface area (Å²) in [6, 6.07) is 5.95. The highest BCUT2D eigenvalue weighted by Gasteiger charge is 2.17. The van der Waals surface area contributed by atoms with Gasteiger partial charge in [0, 0.05) is 0 Å². The molecular weight excluding hydrogens is 319 g/mol. The summed E-state index contributed by atoms with van der Waals surface area (Å²) in [5, 5.41) is 22.3. The van der Waals surface area contributed by atoms with E-state index in [4.69, 9.17) is 9.84 Å². The Balaban J connectivity index is 2.32. The van der Waals surface area contributed by atoms with Crippen LogP contribution >= 0.6 is 0 Å². The Hall–Kier alpha value is -3.42. The SMILES string of the molecule is COc1cc(C(=O)O)ccc1-n1ncc2c(O)ccc(F)c2c1=O. The molecule has 0 bridgehead atoms. The molecule has 2 aromatic carbocycles. The van der Waals surface area contributed by atoms with Gasteiger partial charge >= 0.3 is 5.97 Å². The lowest BCUT2D eigenvalue weighted by Gasteiger charge is -2.11. The maximum Gasteiger partial charge on any atom is 0.335 e. The number of hydrogen-bond acceptors (Lipinski definition) is 5. The van der Waals surface area contributed by atoms with Crippen molar-refractivity contribution in [2.75, 3.05) is 7.11 Å². The van der Waals surface area contributed by atoms with Gasteiger partial charge in [0.25, 0.3) is 5.56 Å². The Kier molecular flexibility index (Phi) is 3.64. The number of nitrogens with zero attached hydrogens (tertiary/aromatic N) is 2. The highest BCUT2D eigenvalue weighted by Crippen LogP contribution is 2.26. The van der Waals surface area contributed by atoms with E-state index in [1.54, 1.807) is 0 Å². The first-order valence-electron chi connectivity index (χ1n) is 6.75. The number of carbonyl (C=O) groups is 1. The molecule has 3 aromatic rings. The Bertz CT molecular complexity index is 1030. The lowest BCUT2D eigenvalue weighted by atomic mass is 10.1. The minimum Gasteiger partial charge on any atom is -0.507 e. The molecule has 0 amide bonds. The number of carboxylic acids is 1. The van der Waals surface area contributed by atoms with Gasteiger partial charge < -0.3 is 14.9 Å². The second kappa shape index (κ2) is 5.65. The number of methoxy groups -OCH3 is 1. The maximum atomic E-state index is 14.0. The number of benzene rings is 2. The number of hydrogen-bond donors (Lipinski definition) is 2. The van der Waals surface area contributed by atoms with Crippen LogP contribution in [0.3, 0.4) is 0 Å². The maximum absolute atomic E-state index is 14.0. The van der Waals surface area contributed by atoms with Crippen LogP contribution in [0.25, 0.3) is 16.5 Å². The topological polar surface area (TPSA) is 102 Å². The summed E-state index contributed by atoms with van der Waals surface area (Å²) < 4.78 is 20.0. The first kappa shape index (κ1) is 15.5. The van der Waals surface area contributed by atoms with Crippen LogP contribution < -0.4 is 10.3 Å². The van der Waals surface area contributed by atoms with E-state index in [1.807, 2.05) is 0 Å². The molecule has 122 valence electrons. The van der Waals surface area contributed by atoms with Crippen LogP contribution in [-0.2, 0) is 0 Å². The predicted octanol–water partition coefficient (Wildman–Crippen LogP) is 1.94. The van der Waals surface area contributed by atoms with Crippen molar-refractivity contribution in [3.05, 3.63) is 58.3 Å². The zero-order chi connectivity index (χ0) is 17.4. The third-order valence-electron chi connectivity index (χ3n) is 3.54. The first-order valence-corrected chi connectivity index (χ1v) is 6.75. The number of phenolic OH excluding ortho intramolecular Hbond substituents is 1. The molecule has 2 N–H and O–H groups in total. The number of aromatic hydroxyl groups is 1. The predicted molar refractivity (Wildman–Crippen MR) is 82.5 cm³/mol. The third kappa shape index (κ3) is 2.34. The summed E-state index contributed by atoms with van der Waals surface area (Å²) in [5.41, 5.74) is -0.687. The van der Waals surface area contributed by atoms with Crippen LogP contribution in [0.4, 0.5) is 4.39 Å². The van der Waals surface area contributed by atoms with Crippen molar-refractivity contribution in [3.8, 4) is 17.2 Å². The summed E-state index contributed by atoms with van der Waals surface area (Å²) in [5.74, 6) is -2.14. The molecule has 0 fully saturated rings. The minimum absolute atomic E-state index is 0.0163. The minimum atomic E-state index is -1.16. The van der Waals surface area contributed by atoms with Crippen molar-refractivity contribution in [3.63, 3.8) is 0 Å². The number of ether oxygens (including phenoxy) is 1. The van der Waals surface area contributed by atoms with Gasteiger partial charge in [-0.05, 0) is 30.3 Å². The Morgan fingerprint density at radius 1 is 1.29 bits per heavy atom. The number of phenols is 1. The second-order valence-corrected chi connectivity index (χ2v) is 4.91. The Morgan fingerprint density at radius 2 is 2.04 bits per heavy atom. The summed E-state index contributed by atoms with van der Waals surface area (Å²) in [6.07, 6.45) is 1.15. The van der Waals surface area contributed by atoms with Crippen LogP contribution in [0.1, 0.15) is 10.4 Å². The summed E-state index contributed by atoms with van der Waals surface area (Å²) in [6.45, 7) is 0. The first-order chi connectivity index (χ1) is 11.4. The molecule has 0 spiro atoms. The van der Waals surface area contributed by atoms with Crippen LogP contribution in [0.2, 0.25) is 0 Å². The van der Waals surface area contributed by atoms with Gasteiger partial charge in [0.1, 0.15) is 23.0 Å². The number of aromatic carboxylic acids is 1. The molecule has 0 saturated carbocycles. The molecule has 0 saturated heterocycles. The quantitative estimate of drug-likeness (QED) is 0.761. The van der Waals surface area contributed by atoms with Crippen molar-refractivity contribution in [2.45, 2.75) is 0 Å². The average Bonchev–Trinajstić information content (AvgIpc) is 2.57. The van der Waals surface area contributed by atoms with E-state index in [1.165, 1.54) is 25.3 Å². The molecule has 7 nitrogen and oxygen atoms in total. The molecule has 0 aliphatic rings. The standard InChI is InChI=1S/C16H11FN2O5/c1-24-13-6-8(16(22)23)2-4-11(13)19-15(21)14-9(7-18-19)12(20)5-3-10(14)17/h2-7,20H,1H3,(H,22,23). The van der Waals surface area contributed by atoms with Crippen molar-refractivity contribution in [2.24, 2.45) is 0 Å². The van der Waals surface area contributed by atoms with Crippen LogP contribution in [0.15, 0.2) is 41.3 Å². The molecule has 1 heterocycles. The lowest BCUT2D eigenvalue weighted by molar-refractivity contribution is 0.0696. The fraction of sp³-hybridized carbons (Fsp3) is 0.0625. The van der Waals surface area contributed by atoms with Gasteiger partial charge in [-0.15, -0.1) is 0 Å². The lowest BCUT2D eigenvalue weighted by Crippen LogP contribution is -2.22. The van der Waals surface area contributed by atoms with E-state index in [9.17, 15) is 19.1 Å². The Labute approximate surface area is 134 Å². The smallest absolute Gasteiger partial charge is 0.335 e. The number of halogens is 1. The van der Waals surface area contributed by atoms with E-state index in [2.05, 4.69) is 5.10 Å². The van der Waals surface area contributed by atoms with Gasteiger partial charge in [-0.1, -0.05) is 0 Å². The highest BCUT2D eigenvalue weighted by molar-refractivity contribution is 5.89. The number of aromatic nitrogens is 2. The van der Waals surface area contributed by atoms with Crippen LogP contribution in [-0.4, -0.2) is 33.1 Å². The molecule has 0 atom stereocenters. The zero-order valence-electron chi connectivity index (χ0n) is 12.4.